The van der Waals surface area contributed by atoms with Crippen molar-refractivity contribution in [2.45, 2.75) is 32.7 Å². The maximum absolute atomic E-state index is 12.3. The first kappa shape index (κ1) is 19.4. The Hall–Kier alpha value is -3.36. The molecule has 2 aromatic rings. The molecule has 2 heterocycles. The molecule has 0 fully saturated rings. The number of rotatable bonds is 7. The van der Waals surface area contributed by atoms with Gasteiger partial charge >= 0.3 is 18.0 Å². The third kappa shape index (κ3) is 4.13. The van der Waals surface area contributed by atoms with Crippen LogP contribution in [0.1, 0.15) is 26.0 Å². The lowest BCUT2D eigenvalue weighted by Crippen LogP contribution is -2.51. The number of fused-ring (bicyclic) bond motifs is 1. The predicted octanol–water partition coefficient (Wildman–Crippen LogP) is 1.82. The Labute approximate surface area is 161 Å². The number of carbonyl (C=O) groups is 3. The minimum absolute atomic E-state index is 0.0948. The fourth-order valence-corrected chi connectivity index (χ4v) is 2.98. The Morgan fingerprint density at radius 1 is 1.21 bits per heavy atom. The van der Waals surface area contributed by atoms with Crippen molar-refractivity contribution < 1.29 is 28.4 Å². The quantitative estimate of drug-likeness (QED) is 0.695. The van der Waals surface area contributed by atoms with Crippen LogP contribution in [0.3, 0.4) is 0 Å². The first-order valence-corrected chi connectivity index (χ1v) is 9.00. The average molecular weight is 387 g/mol. The van der Waals surface area contributed by atoms with Crippen molar-refractivity contribution in [1.29, 1.82) is 0 Å². The zero-order valence-electron chi connectivity index (χ0n) is 15.6. The minimum Gasteiger partial charge on any atom is -0.463 e. The van der Waals surface area contributed by atoms with Gasteiger partial charge < -0.3 is 24.6 Å². The number of ether oxygens (including phenoxy) is 2. The molecular weight excluding hydrogens is 366 g/mol. The van der Waals surface area contributed by atoms with E-state index in [1.54, 1.807) is 19.1 Å². The first-order chi connectivity index (χ1) is 13.5. The molecule has 1 aliphatic rings. The van der Waals surface area contributed by atoms with E-state index in [0.717, 1.165) is 5.39 Å². The summed E-state index contributed by atoms with van der Waals surface area (Å²) in [6.45, 7) is 3.46. The van der Waals surface area contributed by atoms with Gasteiger partial charge in [0.1, 0.15) is 12.3 Å². The van der Waals surface area contributed by atoms with Crippen LogP contribution in [0.4, 0.5) is 4.79 Å². The van der Waals surface area contributed by atoms with E-state index in [1.807, 2.05) is 19.1 Å². The normalized spacial score (nSPS) is 16.5. The van der Waals surface area contributed by atoms with Crippen LogP contribution in [0, 0.1) is 0 Å². The first-order valence-electron chi connectivity index (χ1n) is 9.00. The largest absolute Gasteiger partial charge is 0.463 e. The van der Waals surface area contributed by atoms with Crippen molar-refractivity contribution in [1.82, 2.24) is 15.8 Å². The molecule has 1 atom stereocenters. The second kappa shape index (κ2) is 8.55. The molecule has 0 bridgehead atoms. The number of esters is 2. The SMILES string of the molecule is CCOC(=O)C1=C(COC(=O)Cc2noc3ccccc23)NC(=O)N[C@@H]1CC. The van der Waals surface area contributed by atoms with E-state index in [9.17, 15) is 14.4 Å². The summed E-state index contributed by atoms with van der Waals surface area (Å²) in [5.41, 5.74) is 1.51. The number of aromatic nitrogens is 1. The molecule has 2 N–H and O–H groups in total. The van der Waals surface area contributed by atoms with Gasteiger partial charge in [0, 0.05) is 5.39 Å². The van der Waals surface area contributed by atoms with Gasteiger partial charge in [0.05, 0.1) is 30.3 Å². The summed E-state index contributed by atoms with van der Waals surface area (Å²) in [6, 6.07) is 6.20. The number of hydrogen-bond donors (Lipinski definition) is 2. The summed E-state index contributed by atoms with van der Waals surface area (Å²) in [5.74, 6) is -1.12. The van der Waals surface area contributed by atoms with Crippen LogP contribution < -0.4 is 10.6 Å². The van der Waals surface area contributed by atoms with Gasteiger partial charge in [-0.1, -0.05) is 24.2 Å². The monoisotopic (exact) mass is 387 g/mol. The highest BCUT2D eigenvalue weighted by Crippen LogP contribution is 2.20. The topological polar surface area (TPSA) is 120 Å². The van der Waals surface area contributed by atoms with Crippen molar-refractivity contribution in [3.05, 3.63) is 41.2 Å². The van der Waals surface area contributed by atoms with Crippen LogP contribution in [-0.4, -0.2) is 42.4 Å². The lowest BCUT2D eigenvalue weighted by Gasteiger charge is -2.28. The van der Waals surface area contributed by atoms with Gasteiger partial charge in [-0.2, -0.15) is 0 Å². The molecule has 1 aromatic heterocycles. The fourth-order valence-electron chi connectivity index (χ4n) is 2.98. The lowest BCUT2D eigenvalue weighted by atomic mass is 10.0. The summed E-state index contributed by atoms with van der Waals surface area (Å²) < 4.78 is 15.5. The molecule has 148 valence electrons. The van der Waals surface area contributed by atoms with Gasteiger partial charge in [-0.15, -0.1) is 0 Å². The number of hydrogen-bond acceptors (Lipinski definition) is 7. The van der Waals surface area contributed by atoms with E-state index in [4.69, 9.17) is 14.0 Å². The Bertz CT molecular complexity index is 933. The third-order valence-electron chi connectivity index (χ3n) is 4.29. The molecule has 0 radical (unpaired) electrons. The molecule has 1 aromatic carbocycles. The molecule has 0 saturated carbocycles. The molecule has 0 aliphatic carbocycles. The number of carbonyl (C=O) groups excluding carboxylic acids is 3. The zero-order chi connectivity index (χ0) is 20.1. The molecule has 3 rings (SSSR count). The summed E-state index contributed by atoms with van der Waals surface area (Å²) in [4.78, 5) is 36.4. The number of nitrogens with one attached hydrogen (secondary N) is 2. The van der Waals surface area contributed by atoms with E-state index >= 15 is 0 Å². The molecule has 9 nitrogen and oxygen atoms in total. The third-order valence-corrected chi connectivity index (χ3v) is 4.29. The van der Waals surface area contributed by atoms with Gasteiger partial charge in [0.15, 0.2) is 5.58 Å². The molecule has 2 amide bonds. The Morgan fingerprint density at radius 2 is 2.00 bits per heavy atom. The predicted molar refractivity (Wildman–Crippen MR) is 98.1 cm³/mol. The lowest BCUT2D eigenvalue weighted by molar-refractivity contribution is -0.143. The van der Waals surface area contributed by atoms with Gasteiger partial charge in [0.2, 0.25) is 0 Å². The molecular formula is C19H21N3O6. The molecule has 1 aliphatic heterocycles. The highest BCUT2D eigenvalue weighted by molar-refractivity contribution is 5.95. The number of urea groups is 1. The average Bonchev–Trinajstić information content (AvgIpc) is 3.08. The Balaban J connectivity index is 1.73. The van der Waals surface area contributed by atoms with E-state index in [-0.39, 0.29) is 30.9 Å². The molecule has 0 saturated heterocycles. The molecule has 9 heteroatoms. The maximum Gasteiger partial charge on any atom is 0.338 e. The number of para-hydroxylation sites is 1. The summed E-state index contributed by atoms with van der Waals surface area (Å²) in [6.07, 6.45) is 0.395. The summed E-state index contributed by atoms with van der Waals surface area (Å²) in [5, 5.41) is 9.81. The van der Waals surface area contributed by atoms with Gasteiger partial charge in [-0.3, -0.25) is 4.79 Å². The van der Waals surface area contributed by atoms with Crippen molar-refractivity contribution >= 4 is 28.9 Å². The van der Waals surface area contributed by atoms with E-state index in [1.165, 1.54) is 0 Å². The smallest absolute Gasteiger partial charge is 0.338 e. The number of benzene rings is 1. The van der Waals surface area contributed by atoms with Gasteiger partial charge in [-0.05, 0) is 25.5 Å². The minimum atomic E-state index is -0.560. The van der Waals surface area contributed by atoms with E-state index in [0.29, 0.717) is 17.7 Å². The van der Waals surface area contributed by atoms with Crippen LogP contribution in [0.15, 0.2) is 40.1 Å². The van der Waals surface area contributed by atoms with Gasteiger partial charge in [-0.25, -0.2) is 9.59 Å². The summed E-state index contributed by atoms with van der Waals surface area (Å²) in [7, 11) is 0. The Kier molecular flexibility index (Phi) is 5.93. The van der Waals surface area contributed by atoms with Crippen LogP contribution in [0.5, 0.6) is 0 Å². The van der Waals surface area contributed by atoms with Crippen molar-refractivity contribution in [3.8, 4) is 0 Å². The van der Waals surface area contributed by atoms with Crippen molar-refractivity contribution in [2.75, 3.05) is 13.2 Å². The molecule has 28 heavy (non-hydrogen) atoms. The highest BCUT2D eigenvalue weighted by atomic mass is 16.5. The highest BCUT2D eigenvalue weighted by Gasteiger charge is 2.32. The summed E-state index contributed by atoms with van der Waals surface area (Å²) >= 11 is 0. The van der Waals surface area contributed by atoms with Crippen molar-refractivity contribution in [3.63, 3.8) is 0 Å². The standard InChI is InChI=1S/C19H21N3O6/c1-3-12-17(18(24)26-4-2)14(21-19(25)20-12)10-27-16(23)9-13-11-7-5-6-8-15(11)28-22-13/h5-8,12H,3-4,9-10H2,1-2H3,(H2,20,21,25)/t12-/m1/s1. The second-order valence-corrected chi connectivity index (χ2v) is 6.13. The van der Waals surface area contributed by atoms with Crippen LogP contribution >= 0.6 is 0 Å². The Morgan fingerprint density at radius 3 is 2.75 bits per heavy atom. The van der Waals surface area contributed by atoms with E-state index in [2.05, 4.69) is 15.8 Å². The zero-order valence-corrected chi connectivity index (χ0v) is 15.6. The fraction of sp³-hybridized carbons (Fsp3) is 0.368. The molecule has 0 spiro atoms. The van der Waals surface area contributed by atoms with Crippen molar-refractivity contribution in [2.24, 2.45) is 0 Å². The number of nitrogens with zero attached hydrogens (tertiary/aromatic N) is 1. The van der Waals surface area contributed by atoms with Crippen LogP contribution in [0.2, 0.25) is 0 Å². The van der Waals surface area contributed by atoms with E-state index < -0.39 is 24.0 Å². The van der Waals surface area contributed by atoms with Crippen LogP contribution in [0.25, 0.3) is 11.0 Å². The molecule has 0 unspecified atom stereocenters. The van der Waals surface area contributed by atoms with Gasteiger partial charge in [0.25, 0.3) is 0 Å². The van der Waals surface area contributed by atoms with Crippen LogP contribution in [-0.2, 0) is 25.5 Å². The second-order valence-electron chi connectivity index (χ2n) is 6.13. The maximum atomic E-state index is 12.3. The number of amides is 2.